The van der Waals surface area contributed by atoms with Crippen molar-refractivity contribution in [3.8, 4) is 0 Å². The van der Waals surface area contributed by atoms with Gasteiger partial charge in [-0.3, -0.25) is 4.79 Å². The highest BCUT2D eigenvalue weighted by molar-refractivity contribution is 5.92. The molecule has 0 atom stereocenters. The highest BCUT2D eigenvalue weighted by Gasteiger charge is 2.22. The molecule has 0 saturated carbocycles. The lowest BCUT2D eigenvalue weighted by molar-refractivity contribution is -0.133. The lowest BCUT2D eigenvalue weighted by atomic mass is 10.2. The molecule has 0 fully saturated rings. The summed E-state index contributed by atoms with van der Waals surface area (Å²) in [4.78, 5) is 29.3. The first-order valence-corrected chi connectivity index (χ1v) is 10.7. The van der Waals surface area contributed by atoms with Gasteiger partial charge in [0.1, 0.15) is 18.1 Å². The summed E-state index contributed by atoms with van der Waals surface area (Å²) < 4.78 is 24.0. The Labute approximate surface area is 192 Å². The second-order valence-corrected chi connectivity index (χ2v) is 7.52. The number of amides is 3. The molecule has 1 aromatic heterocycles. The van der Waals surface area contributed by atoms with Crippen LogP contribution in [0.1, 0.15) is 17.7 Å². The minimum Gasteiger partial charge on any atom is -0.467 e. The van der Waals surface area contributed by atoms with Crippen LogP contribution in [0.2, 0.25) is 0 Å². The van der Waals surface area contributed by atoms with Crippen molar-refractivity contribution in [2.24, 2.45) is 0 Å². The quantitative estimate of drug-likeness (QED) is 0.433. The summed E-state index contributed by atoms with van der Waals surface area (Å²) in [6, 6.07) is 18.3. The summed E-state index contributed by atoms with van der Waals surface area (Å²) in [5, 5.41) is 2.67. The first-order chi connectivity index (χ1) is 16.0. The van der Waals surface area contributed by atoms with E-state index in [2.05, 4.69) is 5.32 Å². The molecule has 2 aromatic carbocycles. The Balaban J connectivity index is 1.73. The third-order valence-corrected chi connectivity index (χ3v) is 4.96. The maximum Gasteiger partial charge on any atom is 0.322 e. The molecule has 8 heteroatoms. The standard InChI is InChI=1S/C25H28FN3O4/c1-32-14-7-13-28(25(31)27-22-11-5-10-21(26)16-22)19-24(30)29(18-23-12-6-15-33-23)17-20-8-3-2-4-9-20/h2-6,8-12,15-16H,7,13-14,17-19H2,1H3,(H,27,31). The van der Waals surface area contributed by atoms with Crippen LogP contribution in [0.15, 0.2) is 77.4 Å². The van der Waals surface area contributed by atoms with Crippen LogP contribution in [0.5, 0.6) is 0 Å². The van der Waals surface area contributed by atoms with Gasteiger partial charge in [-0.2, -0.15) is 0 Å². The van der Waals surface area contributed by atoms with Crippen LogP contribution in [0.25, 0.3) is 0 Å². The minimum absolute atomic E-state index is 0.140. The number of halogens is 1. The van der Waals surface area contributed by atoms with Gasteiger partial charge in [0, 0.05) is 32.5 Å². The Morgan fingerprint density at radius 2 is 1.82 bits per heavy atom. The first-order valence-electron chi connectivity index (χ1n) is 10.7. The van der Waals surface area contributed by atoms with Gasteiger partial charge >= 0.3 is 6.03 Å². The zero-order chi connectivity index (χ0) is 23.5. The maximum atomic E-state index is 13.5. The monoisotopic (exact) mass is 453 g/mol. The lowest BCUT2D eigenvalue weighted by Crippen LogP contribution is -2.44. The molecule has 0 saturated heterocycles. The Hall–Kier alpha value is -3.65. The largest absolute Gasteiger partial charge is 0.467 e. The van der Waals surface area contributed by atoms with Gasteiger partial charge in [-0.25, -0.2) is 9.18 Å². The molecule has 3 amide bonds. The van der Waals surface area contributed by atoms with Crippen molar-refractivity contribution in [2.45, 2.75) is 19.5 Å². The molecule has 3 aromatic rings. The second-order valence-electron chi connectivity index (χ2n) is 7.52. The molecule has 0 aliphatic carbocycles. The van der Waals surface area contributed by atoms with Crippen LogP contribution < -0.4 is 5.32 Å². The van der Waals surface area contributed by atoms with Crippen molar-refractivity contribution in [1.82, 2.24) is 9.80 Å². The number of furan rings is 1. The molecule has 174 valence electrons. The molecule has 0 radical (unpaired) electrons. The van der Waals surface area contributed by atoms with Crippen molar-refractivity contribution in [1.29, 1.82) is 0 Å². The van der Waals surface area contributed by atoms with E-state index in [0.29, 0.717) is 37.6 Å². The van der Waals surface area contributed by atoms with E-state index in [1.807, 2.05) is 30.3 Å². The number of carbonyl (C=O) groups excluding carboxylic acids is 2. The van der Waals surface area contributed by atoms with Gasteiger partial charge in [-0.05, 0) is 42.3 Å². The topological polar surface area (TPSA) is 75.0 Å². The molecular formula is C25H28FN3O4. The SMILES string of the molecule is COCCCN(CC(=O)N(Cc1ccccc1)Cc1ccco1)C(=O)Nc1cccc(F)c1. The van der Waals surface area contributed by atoms with Crippen molar-refractivity contribution in [2.75, 3.05) is 32.1 Å². The molecular weight excluding hydrogens is 425 g/mol. The van der Waals surface area contributed by atoms with Gasteiger partial charge < -0.3 is 24.3 Å². The fourth-order valence-corrected chi connectivity index (χ4v) is 3.31. The van der Waals surface area contributed by atoms with Crippen LogP contribution in [0.4, 0.5) is 14.9 Å². The van der Waals surface area contributed by atoms with Crippen molar-refractivity contribution >= 4 is 17.6 Å². The third kappa shape index (κ3) is 7.76. The zero-order valence-electron chi connectivity index (χ0n) is 18.6. The van der Waals surface area contributed by atoms with E-state index < -0.39 is 11.8 Å². The number of rotatable bonds is 11. The maximum absolute atomic E-state index is 13.5. The number of nitrogens with zero attached hydrogens (tertiary/aromatic N) is 2. The molecule has 1 N–H and O–H groups in total. The lowest BCUT2D eigenvalue weighted by Gasteiger charge is -2.27. The fraction of sp³-hybridized carbons (Fsp3) is 0.280. The molecule has 0 aliphatic rings. The molecule has 1 heterocycles. The van der Waals surface area contributed by atoms with Crippen LogP contribution in [-0.2, 0) is 22.6 Å². The van der Waals surface area contributed by atoms with Crippen LogP contribution in [0.3, 0.4) is 0 Å². The normalized spacial score (nSPS) is 10.6. The smallest absolute Gasteiger partial charge is 0.322 e. The summed E-state index contributed by atoms with van der Waals surface area (Å²) >= 11 is 0. The molecule has 0 unspecified atom stereocenters. The number of carbonyl (C=O) groups is 2. The minimum atomic E-state index is -0.484. The Morgan fingerprint density at radius 3 is 2.52 bits per heavy atom. The number of urea groups is 1. The third-order valence-electron chi connectivity index (χ3n) is 4.96. The van der Waals surface area contributed by atoms with Crippen LogP contribution in [-0.4, -0.2) is 48.5 Å². The van der Waals surface area contributed by atoms with E-state index in [9.17, 15) is 14.0 Å². The zero-order valence-corrected chi connectivity index (χ0v) is 18.6. The number of benzene rings is 2. The van der Waals surface area contributed by atoms with Gasteiger partial charge in [0.2, 0.25) is 5.91 Å². The second kappa shape index (κ2) is 12.4. The molecule has 7 nitrogen and oxygen atoms in total. The van der Waals surface area contributed by atoms with Crippen molar-refractivity contribution in [3.05, 3.63) is 90.1 Å². The number of hydrogen-bond donors (Lipinski definition) is 1. The summed E-state index contributed by atoms with van der Waals surface area (Å²) in [7, 11) is 1.58. The number of ether oxygens (including phenoxy) is 1. The van der Waals surface area contributed by atoms with E-state index in [0.717, 1.165) is 5.56 Å². The van der Waals surface area contributed by atoms with E-state index >= 15 is 0 Å². The molecule has 0 bridgehead atoms. The van der Waals surface area contributed by atoms with E-state index in [4.69, 9.17) is 9.15 Å². The predicted molar refractivity (Wildman–Crippen MR) is 123 cm³/mol. The Kier molecular flexibility index (Phi) is 9.02. The average molecular weight is 454 g/mol. The molecule has 33 heavy (non-hydrogen) atoms. The highest BCUT2D eigenvalue weighted by atomic mass is 19.1. The number of hydrogen-bond acceptors (Lipinski definition) is 4. The van der Waals surface area contributed by atoms with Gasteiger partial charge in [0.05, 0.1) is 12.8 Å². The summed E-state index contributed by atoms with van der Waals surface area (Å²) in [5.41, 5.74) is 1.29. The summed E-state index contributed by atoms with van der Waals surface area (Å²) in [5.74, 6) is -0.0428. The molecule has 3 rings (SSSR count). The predicted octanol–water partition coefficient (Wildman–Crippen LogP) is 4.52. The van der Waals surface area contributed by atoms with Gasteiger partial charge in [-0.15, -0.1) is 0 Å². The summed E-state index contributed by atoms with van der Waals surface area (Å²) in [6.07, 6.45) is 2.11. The van der Waals surface area contributed by atoms with Crippen molar-refractivity contribution in [3.63, 3.8) is 0 Å². The van der Waals surface area contributed by atoms with Crippen molar-refractivity contribution < 1.29 is 23.1 Å². The molecule has 0 spiro atoms. The van der Waals surface area contributed by atoms with Crippen LogP contribution in [0, 0.1) is 5.82 Å². The summed E-state index contributed by atoms with van der Waals surface area (Å²) in [6.45, 7) is 1.26. The molecule has 0 aliphatic heterocycles. The van der Waals surface area contributed by atoms with Gasteiger partial charge in [-0.1, -0.05) is 36.4 Å². The Bertz CT molecular complexity index is 1010. The van der Waals surface area contributed by atoms with E-state index in [1.165, 1.54) is 23.1 Å². The highest BCUT2D eigenvalue weighted by Crippen LogP contribution is 2.14. The Morgan fingerprint density at radius 1 is 1.00 bits per heavy atom. The van der Waals surface area contributed by atoms with E-state index in [1.54, 1.807) is 36.5 Å². The van der Waals surface area contributed by atoms with Gasteiger partial charge in [0.25, 0.3) is 0 Å². The first kappa shape index (κ1) is 24.0. The number of methoxy groups -OCH3 is 1. The van der Waals surface area contributed by atoms with Gasteiger partial charge in [0.15, 0.2) is 0 Å². The van der Waals surface area contributed by atoms with Crippen LogP contribution >= 0.6 is 0 Å². The van der Waals surface area contributed by atoms with E-state index in [-0.39, 0.29) is 19.0 Å². The number of nitrogens with one attached hydrogen (secondary N) is 1. The number of anilines is 1. The average Bonchev–Trinajstić information content (AvgIpc) is 3.32. The fourth-order valence-electron chi connectivity index (χ4n) is 3.31.